The second-order valence-corrected chi connectivity index (χ2v) is 4.80. The summed E-state index contributed by atoms with van der Waals surface area (Å²) in [5, 5.41) is 3.83. The average molecular weight is 289 g/mol. The zero-order valence-corrected chi connectivity index (χ0v) is 11.2. The Balaban J connectivity index is 2.32. The second-order valence-electron chi connectivity index (χ2n) is 3.84. The molecule has 0 aliphatic carbocycles. The van der Waals surface area contributed by atoms with Gasteiger partial charge in [-0.2, -0.15) is 4.98 Å². The van der Waals surface area contributed by atoms with Gasteiger partial charge in [0.15, 0.2) is 5.82 Å². The lowest BCUT2D eigenvalue weighted by atomic mass is 10.2. The first-order valence-corrected chi connectivity index (χ1v) is 6.36. The maximum atomic E-state index is 13.6. The molecule has 18 heavy (non-hydrogen) atoms. The highest BCUT2D eigenvalue weighted by molar-refractivity contribution is 6.30. The maximum absolute atomic E-state index is 13.6. The number of benzene rings is 1. The normalized spacial score (nSPS) is 12.7. The minimum absolute atomic E-state index is 0.0896. The quantitative estimate of drug-likeness (QED) is 0.771. The van der Waals surface area contributed by atoms with Crippen LogP contribution in [-0.2, 0) is 0 Å². The molecular formula is C12H11Cl2FN2O. The van der Waals surface area contributed by atoms with Gasteiger partial charge in [0.1, 0.15) is 5.82 Å². The van der Waals surface area contributed by atoms with Crippen molar-refractivity contribution in [1.29, 1.82) is 0 Å². The molecule has 2 aromatic rings. The van der Waals surface area contributed by atoms with Gasteiger partial charge in [-0.25, -0.2) is 4.39 Å². The number of aromatic nitrogens is 2. The van der Waals surface area contributed by atoms with Crippen molar-refractivity contribution >= 4 is 23.2 Å². The first-order valence-electron chi connectivity index (χ1n) is 5.55. The number of rotatable bonds is 4. The number of hydrogen-bond acceptors (Lipinski definition) is 3. The van der Waals surface area contributed by atoms with Crippen LogP contribution in [0.15, 0.2) is 22.7 Å². The zero-order chi connectivity index (χ0) is 13.1. The van der Waals surface area contributed by atoms with E-state index < -0.39 is 5.82 Å². The van der Waals surface area contributed by atoms with E-state index in [1.807, 2.05) is 6.92 Å². The van der Waals surface area contributed by atoms with Crippen LogP contribution < -0.4 is 0 Å². The molecule has 6 heteroatoms. The predicted octanol–water partition coefficient (Wildman–Crippen LogP) is 4.61. The number of nitrogens with zero attached hydrogens (tertiary/aromatic N) is 2. The molecule has 2 rings (SSSR count). The predicted molar refractivity (Wildman–Crippen MR) is 68.2 cm³/mol. The molecule has 0 amide bonds. The first kappa shape index (κ1) is 13.3. The van der Waals surface area contributed by atoms with E-state index in [0.29, 0.717) is 10.8 Å². The largest absolute Gasteiger partial charge is 0.334 e. The SMILES string of the molecule is CCCC(Cl)c1noc(-c2cc(Cl)ccc2F)n1. The maximum Gasteiger partial charge on any atom is 0.261 e. The Bertz CT molecular complexity index is 545. The van der Waals surface area contributed by atoms with Crippen LogP contribution in [0.3, 0.4) is 0 Å². The molecular weight excluding hydrogens is 278 g/mol. The third kappa shape index (κ3) is 2.82. The molecule has 1 unspecified atom stereocenters. The van der Waals surface area contributed by atoms with Crippen LogP contribution in [-0.4, -0.2) is 10.1 Å². The van der Waals surface area contributed by atoms with E-state index in [1.54, 1.807) is 0 Å². The molecule has 0 aliphatic heterocycles. The van der Waals surface area contributed by atoms with Crippen molar-refractivity contribution < 1.29 is 8.91 Å². The number of alkyl halides is 1. The third-order valence-electron chi connectivity index (χ3n) is 2.42. The number of halogens is 3. The molecule has 1 heterocycles. The highest BCUT2D eigenvalue weighted by Crippen LogP contribution is 2.28. The molecule has 0 N–H and O–H groups in total. The van der Waals surface area contributed by atoms with Gasteiger partial charge in [0.25, 0.3) is 5.89 Å². The number of hydrogen-bond donors (Lipinski definition) is 0. The van der Waals surface area contributed by atoms with Crippen LogP contribution in [0.2, 0.25) is 5.02 Å². The van der Waals surface area contributed by atoms with Crippen molar-refractivity contribution in [1.82, 2.24) is 10.1 Å². The topological polar surface area (TPSA) is 38.9 Å². The monoisotopic (exact) mass is 288 g/mol. The highest BCUT2D eigenvalue weighted by Gasteiger charge is 2.18. The van der Waals surface area contributed by atoms with Crippen LogP contribution >= 0.6 is 23.2 Å². The fourth-order valence-electron chi connectivity index (χ4n) is 1.52. The Morgan fingerprint density at radius 3 is 2.94 bits per heavy atom. The van der Waals surface area contributed by atoms with Crippen molar-refractivity contribution in [3.8, 4) is 11.5 Å². The van der Waals surface area contributed by atoms with Crippen molar-refractivity contribution in [2.75, 3.05) is 0 Å². The van der Waals surface area contributed by atoms with Crippen LogP contribution in [0.25, 0.3) is 11.5 Å². The molecule has 0 bridgehead atoms. The summed E-state index contributed by atoms with van der Waals surface area (Å²) in [6, 6.07) is 4.15. The summed E-state index contributed by atoms with van der Waals surface area (Å²) in [4.78, 5) is 4.09. The van der Waals surface area contributed by atoms with Crippen molar-refractivity contribution in [2.45, 2.75) is 25.1 Å². The molecule has 1 aromatic heterocycles. The lowest BCUT2D eigenvalue weighted by molar-refractivity contribution is 0.418. The molecule has 96 valence electrons. The summed E-state index contributed by atoms with van der Waals surface area (Å²) in [6.45, 7) is 2.01. The standard InChI is InChI=1S/C12H11Cl2FN2O/c1-2-3-9(14)11-16-12(18-17-11)8-6-7(13)4-5-10(8)15/h4-6,9H,2-3H2,1H3. The molecule has 0 spiro atoms. The van der Waals surface area contributed by atoms with E-state index in [-0.39, 0.29) is 16.8 Å². The first-order chi connectivity index (χ1) is 8.61. The molecule has 0 saturated heterocycles. The minimum Gasteiger partial charge on any atom is -0.334 e. The van der Waals surface area contributed by atoms with E-state index in [9.17, 15) is 4.39 Å². The Morgan fingerprint density at radius 1 is 1.44 bits per heavy atom. The van der Waals surface area contributed by atoms with Crippen LogP contribution in [0.1, 0.15) is 31.0 Å². The Labute approximate surface area is 114 Å². The Hall–Kier alpha value is -1.13. The molecule has 0 fully saturated rings. The molecule has 3 nitrogen and oxygen atoms in total. The Kier molecular flexibility index (Phi) is 4.19. The molecule has 0 radical (unpaired) electrons. The van der Waals surface area contributed by atoms with E-state index in [4.69, 9.17) is 27.7 Å². The van der Waals surface area contributed by atoms with Gasteiger partial charge in [0.2, 0.25) is 0 Å². The fraction of sp³-hybridized carbons (Fsp3) is 0.333. The van der Waals surface area contributed by atoms with E-state index >= 15 is 0 Å². The van der Waals surface area contributed by atoms with Gasteiger partial charge >= 0.3 is 0 Å². The fourth-order valence-corrected chi connectivity index (χ4v) is 1.99. The van der Waals surface area contributed by atoms with Gasteiger partial charge in [-0.05, 0) is 24.6 Å². The molecule has 1 atom stereocenters. The summed E-state index contributed by atoms with van der Waals surface area (Å²) >= 11 is 11.9. The van der Waals surface area contributed by atoms with Gasteiger partial charge in [-0.1, -0.05) is 30.1 Å². The van der Waals surface area contributed by atoms with Crippen molar-refractivity contribution in [3.05, 3.63) is 34.9 Å². The van der Waals surface area contributed by atoms with Gasteiger partial charge < -0.3 is 4.52 Å². The van der Waals surface area contributed by atoms with Gasteiger partial charge in [0.05, 0.1) is 10.9 Å². The minimum atomic E-state index is -0.462. The van der Waals surface area contributed by atoms with Crippen LogP contribution in [0.5, 0.6) is 0 Å². The highest BCUT2D eigenvalue weighted by atomic mass is 35.5. The molecule has 1 aromatic carbocycles. The van der Waals surface area contributed by atoms with Gasteiger partial charge in [-0.15, -0.1) is 11.6 Å². The summed E-state index contributed by atoms with van der Waals surface area (Å²) in [5.41, 5.74) is 0.182. The summed E-state index contributed by atoms with van der Waals surface area (Å²) < 4.78 is 18.6. The summed E-state index contributed by atoms with van der Waals surface area (Å²) in [6.07, 6.45) is 1.64. The molecule has 0 saturated carbocycles. The average Bonchev–Trinajstić information content (AvgIpc) is 2.82. The lowest BCUT2D eigenvalue weighted by Crippen LogP contribution is -1.92. The molecule has 0 aliphatic rings. The van der Waals surface area contributed by atoms with E-state index in [0.717, 1.165) is 12.8 Å². The van der Waals surface area contributed by atoms with Crippen LogP contribution in [0, 0.1) is 5.82 Å². The smallest absolute Gasteiger partial charge is 0.261 e. The van der Waals surface area contributed by atoms with Gasteiger partial charge in [0, 0.05) is 5.02 Å². The summed E-state index contributed by atoms with van der Waals surface area (Å²) in [7, 11) is 0. The zero-order valence-electron chi connectivity index (χ0n) is 9.66. The summed E-state index contributed by atoms with van der Waals surface area (Å²) in [5.74, 6) is -0.00383. The Morgan fingerprint density at radius 2 is 2.22 bits per heavy atom. The lowest BCUT2D eigenvalue weighted by Gasteiger charge is -2.00. The van der Waals surface area contributed by atoms with E-state index in [1.165, 1.54) is 18.2 Å². The second kappa shape index (κ2) is 5.67. The third-order valence-corrected chi connectivity index (χ3v) is 3.07. The van der Waals surface area contributed by atoms with Crippen LogP contribution in [0.4, 0.5) is 4.39 Å². The van der Waals surface area contributed by atoms with Gasteiger partial charge in [-0.3, -0.25) is 0 Å². The van der Waals surface area contributed by atoms with E-state index in [2.05, 4.69) is 10.1 Å². The van der Waals surface area contributed by atoms with Crippen molar-refractivity contribution in [2.24, 2.45) is 0 Å². The van der Waals surface area contributed by atoms with Crippen molar-refractivity contribution in [3.63, 3.8) is 0 Å².